The number of rotatable bonds is 5. The number of carbonyl (C=O) groups is 1. The summed E-state index contributed by atoms with van der Waals surface area (Å²) in [7, 11) is 0. The molecule has 0 unspecified atom stereocenters. The third-order valence-electron chi connectivity index (χ3n) is 2.91. The average molecular weight is 572 g/mol. The molecule has 1 N–H and O–H groups in total. The number of anilines is 1. The molecule has 0 radical (unpaired) electrons. The third kappa shape index (κ3) is 6.47. The van der Waals surface area contributed by atoms with Crippen molar-refractivity contribution in [2.45, 2.75) is 32.5 Å². The number of hydrogen-bond donors (Lipinski definition) is 1. The third-order valence-corrected chi connectivity index (χ3v) is 5.10. The van der Waals surface area contributed by atoms with Crippen LogP contribution < -0.4 is 14.8 Å². The van der Waals surface area contributed by atoms with E-state index in [1.54, 1.807) is 13.8 Å². The van der Waals surface area contributed by atoms with E-state index in [0.29, 0.717) is 11.3 Å². The molecule has 0 fully saturated rings. The molecule has 2 aromatic rings. The van der Waals surface area contributed by atoms with Gasteiger partial charge >= 0.3 is 12.5 Å². The van der Waals surface area contributed by atoms with Crippen LogP contribution in [0.4, 0.5) is 32.0 Å². The Hall–Kier alpha value is -1.54. The van der Waals surface area contributed by atoms with Gasteiger partial charge in [-0.25, -0.2) is 0 Å². The largest absolute Gasteiger partial charge is 0.573 e. The molecule has 2 rings (SSSR count). The second-order valence-corrected chi connectivity index (χ2v) is 8.26. The first-order valence-electron chi connectivity index (χ1n) is 7.48. The standard InChI is InChI=1S/C15H10Br2F6N2O3S/c1-5(2)27-13-25-11(14(18,19)20)10(29-13)12(26)24-9-7(16)3-6(4-8(9)17)28-15(21,22)23/h3-5H,1-2H3,(H,24,26). The summed E-state index contributed by atoms with van der Waals surface area (Å²) in [5.74, 6) is -1.77. The van der Waals surface area contributed by atoms with E-state index >= 15 is 0 Å². The predicted octanol–water partition coefficient (Wildman–Crippen LogP) is 6.63. The SMILES string of the molecule is CC(C)Oc1nc(C(F)(F)F)c(C(=O)Nc2c(Br)cc(OC(F)(F)F)cc2Br)s1. The molecule has 0 aliphatic carbocycles. The lowest BCUT2D eigenvalue weighted by atomic mass is 10.2. The summed E-state index contributed by atoms with van der Waals surface area (Å²) >= 11 is 6.30. The maximum atomic E-state index is 13.2. The molecule has 14 heteroatoms. The molecule has 0 bridgehead atoms. The maximum Gasteiger partial charge on any atom is 0.573 e. The van der Waals surface area contributed by atoms with Crippen LogP contribution in [0.2, 0.25) is 0 Å². The summed E-state index contributed by atoms with van der Waals surface area (Å²) in [5.41, 5.74) is -1.53. The fourth-order valence-corrected chi connectivity index (χ4v) is 4.23. The number of nitrogens with one attached hydrogen (secondary N) is 1. The zero-order valence-corrected chi connectivity index (χ0v) is 18.3. The predicted molar refractivity (Wildman–Crippen MR) is 99.4 cm³/mol. The first-order valence-corrected chi connectivity index (χ1v) is 9.88. The van der Waals surface area contributed by atoms with Gasteiger partial charge in [0.15, 0.2) is 5.69 Å². The van der Waals surface area contributed by atoms with Gasteiger partial charge in [-0.15, -0.1) is 13.2 Å². The van der Waals surface area contributed by atoms with E-state index in [-0.39, 0.29) is 19.8 Å². The van der Waals surface area contributed by atoms with Crippen LogP contribution in [0.1, 0.15) is 29.2 Å². The van der Waals surface area contributed by atoms with Crippen LogP contribution in [0, 0.1) is 0 Å². The smallest absolute Gasteiger partial charge is 0.467 e. The van der Waals surface area contributed by atoms with Crippen LogP contribution in [0.15, 0.2) is 21.1 Å². The summed E-state index contributed by atoms with van der Waals surface area (Å²) in [5, 5.41) is 1.87. The fraction of sp³-hybridized carbons (Fsp3) is 0.333. The van der Waals surface area contributed by atoms with Crippen LogP contribution in [-0.2, 0) is 6.18 Å². The van der Waals surface area contributed by atoms with Gasteiger partial charge in [-0.2, -0.15) is 18.2 Å². The van der Waals surface area contributed by atoms with Crippen LogP contribution in [0.3, 0.4) is 0 Å². The zero-order valence-electron chi connectivity index (χ0n) is 14.3. The molecule has 1 aromatic carbocycles. The van der Waals surface area contributed by atoms with Crippen molar-refractivity contribution in [3.05, 3.63) is 31.6 Å². The van der Waals surface area contributed by atoms with E-state index in [4.69, 9.17) is 4.74 Å². The first kappa shape index (κ1) is 23.7. The highest BCUT2D eigenvalue weighted by atomic mass is 79.9. The van der Waals surface area contributed by atoms with E-state index < -0.39 is 40.9 Å². The lowest BCUT2D eigenvalue weighted by molar-refractivity contribution is -0.274. The minimum Gasteiger partial charge on any atom is -0.467 e. The van der Waals surface area contributed by atoms with E-state index in [1.165, 1.54) is 0 Å². The van der Waals surface area contributed by atoms with Gasteiger partial charge in [0.2, 0.25) is 0 Å². The van der Waals surface area contributed by atoms with Gasteiger partial charge in [0, 0.05) is 8.95 Å². The second-order valence-electron chi connectivity index (χ2n) is 5.59. The van der Waals surface area contributed by atoms with E-state index in [1.807, 2.05) is 0 Å². The molecule has 0 aliphatic rings. The van der Waals surface area contributed by atoms with Crippen molar-refractivity contribution in [1.29, 1.82) is 0 Å². The monoisotopic (exact) mass is 570 g/mol. The number of thiazole rings is 1. The van der Waals surface area contributed by atoms with Crippen molar-refractivity contribution in [3.63, 3.8) is 0 Å². The van der Waals surface area contributed by atoms with Crippen LogP contribution in [0.25, 0.3) is 0 Å². The van der Waals surface area contributed by atoms with Gasteiger partial charge in [-0.1, -0.05) is 11.3 Å². The number of aromatic nitrogens is 1. The summed E-state index contributed by atoms with van der Waals surface area (Å²) in [4.78, 5) is 15.0. The number of ether oxygens (including phenoxy) is 2. The number of hydrogen-bond acceptors (Lipinski definition) is 5. The Morgan fingerprint density at radius 2 is 1.69 bits per heavy atom. The fourth-order valence-electron chi connectivity index (χ4n) is 1.93. The Kier molecular flexibility index (Phi) is 7.10. The van der Waals surface area contributed by atoms with Gasteiger partial charge in [0.1, 0.15) is 10.6 Å². The average Bonchev–Trinajstić information content (AvgIpc) is 2.92. The minimum absolute atomic E-state index is 0.0591. The summed E-state index contributed by atoms with van der Waals surface area (Å²) in [6.07, 6.45) is -10.3. The Labute approximate surface area is 180 Å². The number of nitrogens with zero attached hydrogens (tertiary/aromatic N) is 1. The zero-order chi connectivity index (χ0) is 22.1. The quantitative estimate of drug-likeness (QED) is 0.410. The van der Waals surface area contributed by atoms with Gasteiger partial charge in [0.05, 0.1) is 11.8 Å². The molecule has 0 atom stereocenters. The van der Waals surface area contributed by atoms with Gasteiger partial charge < -0.3 is 14.8 Å². The minimum atomic E-state index is -4.94. The van der Waals surface area contributed by atoms with Crippen molar-refractivity contribution >= 4 is 54.8 Å². The molecule has 0 saturated carbocycles. The first-order chi connectivity index (χ1) is 13.2. The van der Waals surface area contributed by atoms with Crippen LogP contribution in [-0.4, -0.2) is 23.4 Å². The molecule has 1 amide bonds. The number of carbonyl (C=O) groups excluding carboxylic acids is 1. The molecule has 1 aromatic heterocycles. The van der Waals surface area contributed by atoms with E-state index in [0.717, 1.165) is 12.1 Å². The Balaban J connectivity index is 2.36. The molecule has 160 valence electrons. The lowest BCUT2D eigenvalue weighted by Crippen LogP contribution is -2.18. The second kappa shape index (κ2) is 8.68. The summed E-state index contributed by atoms with van der Waals surface area (Å²) < 4.78 is 85.5. The van der Waals surface area contributed by atoms with Crippen molar-refractivity contribution in [1.82, 2.24) is 4.98 Å². The summed E-state index contributed by atoms with van der Waals surface area (Å²) in [6.45, 7) is 3.15. The van der Waals surface area contributed by atoms with Gasteiger partial charge in [-0.05, 0) is 57.8 Å². The molecular weight excluding hydrogens is 562 g/mol. The molecule has 29 heavy (non-hydrogen) atoms. The normalized spacial score (nSPS) is 12.2. The van der Waals surface area contributed by atoms with E-state index in [9.17, 15) is 31.1 Å². The molecule has 5 nitrogen and oxygen atoms in total. The topological polar surface area (TPSA) is 60.5 Å². The van der Waals surface area contributed by atoms with Crippen LogP contribution in [0.5, 0.6) is 10.9 Å². The van der Waals surface area contributed by atoms with Crippen molar-refractivity contribution in [2.75, 3.05) is 5.32 Å². The molecule has 1 heterocycles. The Morgan fingerprint density at radius 1 is 1.14 bits per heavy atom. The molecule has 0 aliphatic heterocycles. The van der Waals surface area contributed by atoms with Crippen molar-refractivity contribution < 1.29 is 40.6 Å². The van der Waals surface area contributed by atoms with Crippen LogP contribution >= 0.6 is 43.2 Å². The van der Waals surface area contributed by atoms with Crippen molar-refractivity contribution in [3.8, 4) is 10.9 Å². The van der Waals surface area contributed by atoms with Gasteiger partial charge in [0.25, 0.3) is 11.1 Å². The van der Waals surface area contributed by atoms with Gasteiger partial charge in [-0.3, -0.25) is 4.79 Å². The number of amides is 1. The highest BCUT2D eigenvalue weighted by Gasteiger charge is 2.40. The lowest BCUT2D eigenvalue weighted by Gasteiger charge is -2.14. The van der Waals surface area contributed by atoms with Crippen molar-refractivity contribution in [2.24, 2.45) is 0 Å². The Bertz CT molecular complexity index is 891. The molecule has 0 saturated heterocycles. The highest BCUT2D eigenvalue weighted by molar-refractivity contribution is 9.11. The maximum absolute atomic E-state index is 13.2. The molecule has 0 spiro atoms. The number of halogens is 8. The van der Waals surface area contributed by atoms with E-state index in [2.05, 4.69) is 46.9 Å². The molecular formula is C15H10Br2F6N2O3S. The summed E-state index contributed by atoms with van der Waals surface area (Å²) in [6, 6.07) is 1.80. The highest BCUT2D eigenvalue weighted by Crippen LogP contribution is 2.40. The number of alkyl halides is 6. The Morgan fingerprint density at radius 3 is 2.14 bits per heavy atom. The number of benzene rings is 1.